The molecule has 0 radical (unpaired) electrons. The van der Waals surface area contributed by atoms with Gasteiger partial charge in [-0.3, -0.25) is 9.36 Å². The Kier molecular flexibility index (Phi) is 5.51. The minimum absolute atomic E-state index is 0.0178. The molecule has 0 saturated carbocycles. The first kappa shape index (κ1) is 19.2. The quantitative estimate of drug-likeness (QED) is 0.447. The topological polar surface area (TPSA) is 44.1 Å². The molecule has 28 heavy (non-hydrogen) atoms. The van der Waals surface area contributed by atoms with E-state index in [0.717, 1.165) is 45.1 Å². The van der Waals surface area contributed by atoms with E-state index in [2.05, 4.69) is 32.0 Å². The van der Waals surface area contributed by atoms with Gasteiger partial charge in [-0.1, -0.05) is 41.6 Å². The van der Waals surface area contributed by atoms with Crippen molar-refractivity contribution in [3.05, 3.63) is 75.2 Å². The van der Waals surface area contributed by atoms with Gasteiger partial charge in [-0.25, -0.2) is 4.98 Å². The summed E-state index contributed by atoms with van der Waals surface area (Å²) in [7, 11) is 1.63. The summed E-state index contributed by atoms with van der Waals surface area (Å²) in [4.78, 5) is 18.9. The lowest BCUT2D eigenvalue weighted by atomic mass is 10.1. The molecule has 4 rings (SSSR count). The van der Waals surface area contributed by atoms with Crippen molar-refractivity contribution in [3.63, 3.8) is 0 Å². The molecule has 0 fully saturated rings. The summed E-state index contributed by atoms with van der Waals surface area (Å²) in [5, 5.41) is 0.736. The fourth-order valence-electron chi connectivity index (χ4n) is 3.26. The number of methoxy groups -OCH3 is 1. The van der Waals surface area contributed by atoms with Gasteiger partial charge in [-0.2, -0.15) is 0 Å². The Morgan fingerprint density at radius 1 is 1.21 bits per heavy atom. The van der Waals surface area contributed by atoms with E-state index in [4.69, 9.17) is 9.72 Å². The van der Waals surface area contributed by atoms with Gasteiger partial charge in [0, 0.05) is 24.0 Å². The van der Waals surface area contributed by atoms with Crippen molar-refractivity contribution < 1.29 is 4.74 Å². The first-order chi connectivity index (χ1) is 13.6. The summed E-state index contributed by atoms with van der Waals surface area (Å²) in [6, 6.07) is 14.1. The third-order valence-electron chi connectivity index (χ3n) is 4.84. The summed E-state index contributed by atoms with van der Waals surface area (Å²) in [6.07, 6.45) is 0.852. The predicted octanol–water partition coefficient (Wildman–Crippen LogP) is 4.80. The van der Waals surface area contributed by atoms with E-state index < -0.39 is 0 Å². The number of benzene rings is 2. The molecule has 0 aliphatic carbocycles. The first-order valence-electron chi connectivity index (χ1n) is 9.19. The standard InChI is InChI=1S/C22H22N2O2S2/c1-14-7-8-15(2)16(11-14)13-28-22-23-19-9-10-27-20(19)21(25)24(22)17-5-4-6-18(12-17)26-3/h4-8,11-12H,9-10,13H2,1-3H3. The van der Waals surface area contributed by atoms with Crippen LogP contribution in [0.15, 0.2) is 57.3 Å². The Balaban J connectivity index is 1.78. The summed E-state index contributed by atoms with van der Waals surface area (Å²) in [5.41, 5.74) is 5.50. The van der Waals surface area contributed by atoms with E-state index in [1.54, 1.807) is 35.2 Å². The molecule has 0 amide bonds. The Labute approximate surface area is 173 Å². The van der Waals surface area contributed by atoms with Gasteiger partial charge in [-0.05, 0) is 37.1 Å². The van der Waals surface area contributed by atoms with Crippen molar-refractivity contribution in [2.24, 2.45) is 0 Å². The van der Waals surface area contributed by atoms with Gasteiger partial charge in [0.25, 0.3) is 5.56 Å². The van der Waals surface area contributed by atoms with E-state index in [1.165, 1.54) is 16.7 Å². The molecule has 2 heterocycles. The van der Waals surface area contributed by atoms with Crippen molar-refractivity contribution >= 4 is 23.5 Å². The van der Waals surface area contributed by atoms with Crippen molar-refractivity contribution in [2.75, 3.05) is 12.9 Å². The average Bonchev–Trinajstić information content (AvgIpc) is 3.18. The molecule has 1 aliphatic rings. The second kappa shape index (κ2) is 8.05. The van der Waals surface area contributed by atoms with Crippen LogP contribution in [-0.4, -0.2) is 22.4 Å². The molecule has 144 valence electrons. The molecule has 0 N–H and O–H groups in total. The highest BCUT2D eigenvalue weighted by atomic mass is 32.2. The molecule has 0 saturated heterocycles. The largest absolute Gasteiger partial charge is 0.497 e. The van der Waals surface area contributed by atoms with Crippen LogP contribution < -0.4 is 10.3 Å². The van der Waals surface area contributed by atoms with Crippen molar-refractivity contribution in [3.8, 4) is 11.4 Å². The van der Waals surface area contributed by atoms with Crippen LogP contribution in [0.2, 0.25) is 0 Å². The Morgan fingerprint density at radius 3 is 2.89 bits per heavy atom. The van der Waals surface area contributed by atoms with Crippen molar-refractivity contribution in [1.29, 1.82) is 0 Å². The molecule has 1 aromatic heterocycles. The van der Waals surface area contributed by atoms with Crippen LogP contribution >= 0.6 is 23.5 Å². The van der Waals surface area contributed by atoms with Crippen LogP contribution in [0.1, 0.15) is 22.4 Å². The van der Waals surface area contributed by atoms with Gasteiger partial charge in [0.05, 0.1) is 23.4 Å². The SMILES string of the molecule is COc1cccc(-n2c(SCc3cc(C)ccc3C)nc3c(c2=O)SCC3)c1. The van der Waals surface area contributed by atoms with Gasteiger partial charge in [0.1, 0.15) is 5.75 Å². The summed E-state index contributed by atoms with van der Waals surface area (Å²) in [6.45, 7) is 4.22. The number of ether oxygens (including phenoxy) is 1. The number of nitrogens with zero attached hydrogens (tertiary/aromatic N) is 2. The number of rotatable bonds is 5. The number of hydrogen-bond acceptors (Lipinski definition) is 5. The first-order valence-corrected chi connectivity index (χ1v) is 11.2. The lowest BCUT2D eigenvalue weighted by Gasteiger charge is -2.15. The van der Waals surface area contributed by atoms with Gasteiger partial charge in [-0.15, -0.1) is 11.8 Å². The molecule has 4 nitrogen and oxygen atoms in total. The van der Waals surface area contributed by atoms with Gasteiger partial charge < -0.3 is 4.74 Å². The van der Waals surface area contributed by atoms with Gasteiger partial charge in [0.2, 0.25) is 0 Å². The zero-order valence-corrected chi connectivity index (χ0v) is 17.8. The van der Waals surface area contributed by atoms with Crippen LogP contribution in [0.4, 0.5) is 0 Å². The number of aromatic nitrogens is 2. The second-order valence-electron chi connectivity index (χ2n) is 6.83. The summed E-state index contributed by atoms with van der Waals surface area (Å²) >= 11 is 3.22. The molecule has 0 bridgehead atoms. The van der Waals surface area contributed by atoms with E-state index in [0.29, 0.717) is 0 Å². The van der Waals surface area contributed by atoms with Crippen LogP contribution in [0.5, 0.6) is 5.75 Å². The van der Waals surface area contributed by atoms with Crippen molar-refractivity contribution in [1.82, 2.24) is 9.55 Å². The molecule has 0 unspecified atom stereocenters. The minimum Gasteiger partial charge on any atom is -0.497 e. The highest BCUT2D eigenvalue weighted by molar-refractivity contribution is 7.99. The van der Waals surface area contributed by atoms with Gasteiger partial charge in [0.15, 0.2) is 5.16 Å². The number of aryl methyl sites for hydroxylation is 3. The minimum atomic E-state index is 0.0178. The fraction of sp³-hybridized carbons (Fsp3) is 0.273. The molecular weight excluding hydrogens is 388 g/mol. The number of thioether (sulfide) groups is 2. The number of hydrogen-bond donors (Lipinski definition) is 0. The summed E-state index contributed by atoms with van der Waals surface area (Å²) in [5.74, 6) is 2.42. The molecule has 2 aromatic carbocycles. The summed E-state index contributed by atoms with van der Waals surface area (Å²) < 4.78 is 7.09. The monoisotopic (exact) mass is 410 g/mol. The van der Waals surface area contributed by atoms with E-state index >= 15 is 0 Å². The Morgan fingerprint density at radius 2 is 2.07 bits per heavy atom. The van der Waals surface area contributed by atoms with Gasteiger partial charge >= 0.3 is 0 Å². The van der Waals surface area contributed by atoms with Crippen molar-refractivity contribution in [2.45, 2.75) is 36.1 Å². The third-order valence-corrected chi connectivity index (χ3v) is 6.93. The normalized spacial score (nSPS) is 12.8. The maximum Gasteiger partial charge on any atom is 0.272 e. The maximum absolute atomic E-state index is 13.3. The second-order valence-corrected chi connectivity index (χ2v) is 8.88. The number of fused-ring (bicyclic) bond motifs is 1. The molecular formula is C22H22N2O2S2. The third kappa shape index (κ3) is 3.71. The van der Waals surface area contributed by atoms with Crippen LogP contribution in [-0.2, 0) is 12.2 Å². The van der Waals surface area contributed by atoms with Crippen LogP contribution in [0, 0.1) is 13.8 Å². The van der Waals surface area contributed by atoms with E-state index in [1.807, 2.05) is 24.3 Å². The zero-order valence-electron chi connectivity index (χ0n) is 16.2. The molecule has 0 spiro atoms. The predicted molar refractivity (Wildman–Crippen MR) is 116 cm³/mol. The van der Waals surface area contributed by atoms with E-state index in [9.17, 15) is 4.79 Å². The Hall–Kier alpha value is -2.18. The molecule has 6 heteroatoms. The fourth-order valence-corrected chi connectivity index (χ4v) is 5.38. The smallest absolute Gasteiger partial charge is 0.272 e. The molecule has 1 aliphatic heterocycles. The lowest BCUT2D eigenvalue weighted by Crippen LogP contribution is -2.23. The zero-order chi connectivity index (χ0) is 19.7. The maximum atomic E-state index is 13.3. The van der Waals surface area contributed by atoms with Crippen LogP contribution in [0.3, 0.4) is 0 Å². The van der Waals surface area contributed by atoms with E-state index in [-0.39, 0.29) is 5.56 Å². The molecule has 0 atom stereocenters. The van der Waals surface area contributed by atoms with Crippen LogP contribution in [0.25, 0.3) is 5.69 Å². The Bertz CT molecular complexity index is 1090. The molecule has 3 aromatic rings. The highest BCUT2D eigenvalue weighted by Gasteiger charge is 2.22. The highest BCUT2D eigenvalue weighted by Crippen LogP contribution is 2.32. The average molecular weight is 411 g/mol. The lowest BCUT2D eigenvalue weighted by molar-refractivity contribution is 0.414.